The van der Waals surface area contributed by atoms with Crippen molar-refractivity contribution in [2.45, 2.75) is 25.8 Å². The van der Waals surface area contributed by atoms with Gasteiger partial charge in [0.1, 0.15) is 5.82 Å². The van der Waals surface area contributed by atoms with E-state index in [1.54, 1.807) is 13.1 Å². The molecule has 0 aliphatic carbocycles. The van der Waals surface area contributed by atoms with Crippen LogP contribution >= 0.6 is 0 Å². The summed E-state index contributed by atoms with van der Waals surface area (Å²) in [6, 6.07) is 0. The number of hydrogen-bond donors (Lipinski definition) is 4. The van der Waals surface area contributed by atoms with Crippen LogP contribution in [0.2, 0.25) is 0 Å². The molecule has 0 unspecified atom stereocenters. The van der Waals surface area contributed by atoms with Crippen LogP contribution in [0.4, 0.5) is 11.6 Å². The monoisotopic (exact) mass is 279 g/mol. The maximum atomic E-state index is 9.39. The molecule has 0 saturated heterocycles. The van der Waals surface area contributed by atoms with Gasteiger partial charge in [0, 0.05) is 18.9 Å². The average molecular weight is 279 g/mol. The van der Waals surface area contributed by atoms with Gasteiger partial charge in [-0.1, -0.05) is 6.92 Å². The topological polar surface area (TPSA) is 94.7 Å². The highest BCUT2D eigenvalue weighted by molar-refractivity contribution is 5.66. The Bertz CT molecular complexity index is 565. The first kappa shape index (κ1) is 14.5. The molecule has 2 heterocycles. The molecule has 0 radical (unpaired) electrons. The molecule has 0 amide bonds. The maximum absolute atomic E-state index is 9.39. The van der Waals surface area contributed by atoms with E-state index in [9.17, 15) is 10.2 Å². The van der Waals surface area contributed by atoms with Crippen molar-refractivity contribution in [2.75, 3.05) is 30.4 Å². The lowest BCUT2D eigenvalue weighted by atomic mass is 10.1. The third-order valence-electron chi connectivity index (χ3n) is 3.05. The van der Waals surface area contributed by atoms with Gasteiger partial charge in [0.05, 0.1) is 24.9 Å². The second-order valence-electron chi connectivity index (χ2n) is 5.06. The van der Waals surface area contributed by atoms with E-state index < -0.39 is 5.54 Å². The minimum Gasteiger partial charge on any atom is -0.394 e. The molecule has 0 spiro atoms. The summed E-state index contributed by atoms with van der Waals surface area (Å²) >= 11 is 0. The largest absolute Gasteiger partial charge is 0.394 e. The maximum Gasteiger partial charge on any atom is 0.180 e. The van der Waals surface area contributed by atoms with E-state index in [0.717, 1.165) is 18.8 Å². The molecule has 0 atom stereocenters. The number of rotatable bonds is 7. The standard InChI is InChI=1S/C13H21N5O2/c1-3-4-14-10-7-18-6-5-15-12(18)11(16-10)17-13(2,8-19)9-20/h5-7,14,19-20H,3-4,8-9H2,1-2H3,(H,16,17). The third-order valence-corrected chi connectivity index (χ3v) is 3.05. The summed E-state index contributed by atoms with van der Waals surface area (Å²) in [5, 5.41) is 25.1. The summed E-state index contributed by atoms with van der Waals surface area (Å²) < 4.78 is 1.85. The van der Waals surface area contributed by atoms with Crippen LogP contribution < -0.4 is 10.6 Å². The highest BCUT2D eigenvalue weighted by atomic mass is 16.3. The minimum atomic E-state index is -0.844. The lowest BCUT2D eigenvalue weighted by Gasteiger charge is -2.27. The SMILES string of the molecule is CCCNc1cn2ccnc2c(NC(C)(CO)CO)n1. The molecule has 4 N–H and O–H groups in total. The highest BCUT2D eigenvalue weighted by Gasteiger charge is 2.24. The van der Waals surface area contributed by atoms with Crippen molar-refractivity contribution < 1.29 is 10.2 Å². The number of fused-ring (bicyclic) bond motifs is 1. The van der Waals surface area contributed by atoms with Crippen LogP contribution in [0.5, 0.6) is 0 Å². The predicted molar refractivity (Wildman–Crippen MR) is 78.0 cm³/mol. The number of anilines is 2. The zero-order chi connectivity index (χ0) is 14.6. The van der Waals surface area contributed by atoms with Gasteiger partial charge in [-0.25, -0.2) is 9.97 Å². The highest BCUT2D eigenvalue weighted by Crippen LogP contribution is 2.20. The number of aliphatic hydroxyl groups is 2. The molecule has 7 nitrogen and oxygen atoms in total. The van der Waals surface area contributed by atoms with Gasteiger partial charge in [-0.15, -0.1) is 0 Å². The molecule has 0 aliphatic rings. The average Bonchev–Trinajstić information content (AvgIpc) is 2.93. The van der Waals surface area contributed by atoms with E-state index in [4.69, 9.17) is 0 Å². The van der Waals surface area contributed by atoms with Crippen molar-refractivity contribution in [1.29, 1.82) is 0 Å². The van der Waals surface area contributed by atoms with Crippen LogP contribution in [0.3, 0.4) is 0 Å². The van der Waals surface area contributed by atoms with Crippen molar-refractivity contribution in [3.05, 3.63) is 18.6 Å². The molecule has 0 saturated carbocycles. The Hall–Kier alpha value is -1.86. The summed E-state index contributed by atoms with van der Waals surface area (Å²) in [6.45, 7) is 4.22. The Morgan fingerprint density at radius 2 is 2.10 bits per heavy atom. The van der Waals surface area contributed by atoms with Crippen molar-refractivity contribution >= 4 is 17.3 Å². The van der Waals surface area contributed by atoms with E-state index in [1.807, 2.05) is 16.8 Å². The summed E-state index contributed by atoms with van der Waals surface area (Å²) in [5.41, 5.74) is -0.191. The number of nitrogens with zero attached hydrogens (tertiary/aromatic N) is 3. The van der Waals surface area contributed by atoms with Crippen LogP contribution in [-0.4, -0.2) is 49.9 Å². The van der Waals surface area contributed by atoms with Crippen LogP contribution in [0.1, 0.15) is 20.3 Å². The van der Waals surface area contributed by atoms with Gasteiger partial charge in [0.15, 0.2) is 11.5 Å². The fourth-order valence-corrected chi connectivity index (χ4v) is 1.77. The van der Waals surface area contributed by atoms with E-state index in [1.165, 1.54) is 0 Å². The molecular formula is C13H21N5O2. The van der Waals surface area contributed by atoms with Crippen LogP contribution in [-0.2, 0) is 0 Å². The molecule has 2 aromatic heterocycles. The first-order valence-corrected chi connectivity index (χ1v) is 6.69. The quantitative estimate of drug-likeness (QED) is 0.596. The molecular weight excluding hydrogens is 258 g/mol. The van der Waals surface area contributed by atoms with Gasteiger partial charge in [0.2, 0.25) is 0 Å². The second kappa shape index (κ2) is 6.06. The van der Waals surface area contributed by atoms with Crippen molar-refractivity contribution in [3.63, 3.8) is 0 Å². The number of aliphatic hydroxyl groups excluding tert-OH is 2. The van der Waals surface area contributed by atoms with Crippen LogP contribution in [0, 0.1) is 0 Å². The Morgan fingerprint density at radius 3 is 2.75 bits per heavy atom. The zero-order valence-corrected chi connectivity index (χ0v) is 11.8. The summed E-state index contributed by atoms with van der Waals surface area (Å²) in [4.78, 5) is 8.70. The molecule has 20 heavy (non-hydrogen) atoms. The van der Waals surface area contributed by atoms with Crippen molar-refractivity contribution in [1.82, 2.24) is 14.4 Å². The number of nitrogens with one attached hydrogen (secondary N) is 2. The zero-order valence-electron chi connectivity index (χ0n) is 11.8. The molecule has 0 aliphatic heterocycles. The van der Waals surface area contributed by atoms with Crippen LogP contribution in [0.15, 0.2) is 18.6 Å². The van der Waals surface area contributed by atoms with Crippen molar-refractivity contribution in [2.24, 2.45) is 0 Å². The Kier molecular flexibility index (Phi) is 4.41. The molecule has 0 aromatic carbocycles. The van der Waals surface area contributed by atoms with Crippen molar-refractivity contribution in [3.8, 4) is 0 Å². The summed E-state index contributed by atoms with van der Waals surface area (Å²) in [6.07, 6.45) is 6.37. The van der Waals surface area contributed by atoms with Gasteiger partial charge >= 0.3 is 0 Å². The molecule has 0 fully saturated rings. The molecule has 2 rings (SSSR count). The minimum absolute atomic E-state index is 0.204. The number of hydrogen-bond acceptors (Lipinski definition) is 6. The second-order valence-corrected chi connectivity index (χ2v) is 5.06. The van der Waals surface area contributed by atoms with Gasteiger partial charge < -0.3 is 25.2 Å². The number of imidazole rings is 1. The molecule has 110 valence electrons. The molecule has 7 heteroatoms. The molecule has 0 bridgehead atoms. The third kappa shape index (κ3) is 3.00. The van der Waals surface area contributed by atoms with Gasteiger partial charge in [-0.05, 0) is 13.3 Å². The number of aromatic nitrogens is 3. The van der Waals surface area contributed by atoms with Gasteiger partial charge in [0.25, 0.3) is 0 Å². The summed E-state index contributed by atoms with van der Waals surface area (Å²) in [5.74, 6) is 1.25. The Morgan fingerprint density at radius 1 is 1.35 bits per heavy atom. The summed E-state index contributed by atoms with van der Waals surface area (Å²) in [7, 11) is 0. The van der Waals surface area contributed by atoms with Crippen LogP contribution in [0.25, 0.3) is 5.65 Å². The fourth-order valence-electron chi connectivity index (χ4n) is 1.77. The molecule has 2 aromatic rings. The first-order valence-electron chi connectivity index (χ1n) is 6.69. The fraction of sp³-hybridized carbons (Fsp3) is 0.538. The lowest BCUT2D eigenvalue weighted by molar-refractivity contribution is 0.147. The predicted octanol–water partition coefficient (Wildman–Crippen LogP) is 0.706. The van der Waals surface area contributed by atoms with E-state index in [2.05, 4.69) is 27.5 Å². The van der Waals surface area contributed by atoms with Gasteiger partial charge in [-0.3, -0.25) is 0 Å². The van der Waals surface area contributed by atoms with E-state index in [-0.39, 0.29) is 13.2 Å². The lowest BCUT2D eigenvalue weighted by Crippen LogP contribution is -2.43. The normalized spacial score (nSPS) is 11.8. The van der Waals surface area contributed by atoms with Gasteiger partial charge in [-0.2, -0.15) is 0 Å². The smallest absolute Gasteiger partial charge is 0.180 e. The Balaban J connectivity index is 2.36. The first-order chi connectivity index (χ1) is 9.61. The Labute approximate surface area is 117 Å². The van der Waals surface area contributed by atoms with E-state index in [0.29, 0.717) is 11.5 Å². The van der Waals surface area contributed by atoms with E-state index >= 15 is 0 Å².